The van der Waals surface area contributed by atoms with Crippen LogP contribution in [0.25, 0.3) is 0 Å². The minimum atomic E-state index is 0. The summed E-state index contributed by atoms with van der Waals surface area (Å²) >= 11 is 1.74. The van der Waals surface area contributed by atoms with Gasteiger partial charge in [-0.1, -0.05) is 0 Å². The number of amides is 1. The van der Waals surface area contributed by atoms with Crippen LogP contribution in [-0.2, 0) is 11.2 Å². The molecular weight excluding hydrogens is 423 g/mol. The van der Waals surface area contributed by atoms with Crippen LogP contribution in [0.4, 0.5) is 0 Å². The van der Waals surface area contributed by atoms with Gasteiger partial charge in [0.25, 0.3) is 0 Å². The zero-order chi connectivity index (χ0) is 15.4. The van der Waals surface area contributed by atoms with Gasteiger partial charge < -0.3 is 15.5 Å². The molecule has 1 spiro atoms. The first-order valence-electron chi connectivity index (χ1n) is 7.94. The van der Waals surface area contributed by atoms with Crippen LogP contribution in [0.5, 0.6) is 0 Å². The third kappa shape index (κ3) is 4.59. The molecule has 1 atom stereocenters. The molecule has 0 radical (unpaired) electrons. The molecule has 0 aromatic carbocycles. The van der Waals surface area contributed by atoms with E-state index in [1.165, 1.54) is 5.56 Å². The lowest BCUT2D eigenvalue weighted by Gasteiger charge is -2.40. The molecule has 1 aromatic heterocycles. The minimum absolute atomic E-state index is 0. The van der Waals surface area contributed by atoms with Crippen LogP contribution < -0.4 is 10.6 Å². The van der Waals surface area contributed by atoms with Crippen LogP contribution >= 0.6 is 35.3 Å². The number of hydrogen-bond acceptors (Lipinski definition) is 3. The van der Waals surface area contributed by atoms with E-state index < -0.39 is 0 Å². The molecule has 3 rings (SSSR count). The topological polar surface area (TPSA) is 56.7 Å². The zero-order valence-corrected chi connectivity index (χ0v) is 16.7. The Balaban J connectivity index is 0.00000192. The van der Waals surface area contributed by atoms with Crippen LogP contribution in [0, 0.1) is 5.41 Å². The quantitative estimate of drug-likeness (QED) is 0.423. The fourth-order valence-electron chi connectivity index (χ4n) is 3.51. The van der Waals surface area contributed by atoms with E-state index in [9.17, 15) is 4.79 Å². The summed E-state index contributed by atoms with van der Waals surface area (Å²) in [5.74, 6) is 1.16. The van der Waals surface area contributed by atoms with Gasteiger partial charge in [-0.25, -0.2) is 0 Å². The fourth-order valence-corrected chi connectivity index (χ4v) is 4.22. The monoisotopic (exact) mass is 448 g/mol. The van der Waals surface area contributed by atoms with Crippen molar-refractivity contribution in [1.29, 1.82) is 0 Å². The standard InChI is InChI=1S/C16H24N4OS.HI/c1-17-15(18-6-3-13-4-8-22-10-13)20-7-2-5-16(12-20)9-14(21)19-11-16;/h4,8,10H,2-3,5-7,9,11-12H2,1H3,(H,17,18)(H,19,21);1H. The molecule has 2 aliphatic heterocycles. The zero-order valence-electron chi connectivity index (χ0n) is 13.5. The van der Waals surface area contributed by atoms with Crippen molar-refractivity contribution in [2.24, 2.45) is 10.4 Å². The molecule has 0 saturated carbocycles. The predicted octanol–water partition coefficient (Wildman–Crippen LogP) is 2.09. The molecule has 2 saturated heterocycles. The Morgan fingerprint density at radius 3 is 3.09 bits per heavy atom. The summed E-state index contributed by atoms with van der Waals surface area (Å²) in [6, 6.07) is 2.17. The number of rotatable bonds is 3. The Kier molecular flexibility index (Phi) is 6.70. The normalized spacial score (nSPS) is 24.5. The minimum Gasteiger partial charge on any atom is -0.356 e. The molecular formula is C16H25IN4OS. The number of carbonyl (C=O) groups is 1. The summed E-state index contributed by atoms with van der Waals surface area (Å²) in [6.45, 7) is 3.65. The lowest BCUT2D eigenvalue weighted by Crippen LogP contribution is -2.51. The van der Waals surface area contributed by atoms with Crippen LogP contribution in [0.15, 0.2) is 21.8 Å². The number of likely N-dealkylation sites (tertiary alicyclic amines) is 1. The van der Waals surface area contributed by atoms with Gasteiger partial charge in [-0.05, 0) is 41.7 Å². The molecule has 2 fully saturated rings. The molecule has 2 aliphatic rings. The number of halogens is 1. The fraction of sp³-hybridized carbons (Fsp3) is 0.625. The van der Waals surface area contributed by atoms with Gasteiger partial charge in [-0.15, -0.1) is 24.0 Å². The molecule has 2 N–H and O–H groups in total. The van der Waals surface area contributed by atoms with Gasteiger partial charge in [0.15, 0.2) is 5.96 Å². The van der Waals surface area contributed by atoms with E-state index >= 15 is 0 Å². The SMILES string of the molecule is CN=C(NCCc1ccsc1)N1CCCC2(CNC(=O)C2)C1.I. The van der Waals surface area contributed by atoms with E-state index in [-0.39, 0.29) is 35.3 Å². The van der Waals surface area contributed by atoms with Crippen LogP contribution in [0.1, 0.15) is 24.8 Å². The second kappa shape index (κ2) is 8.32. The summed E-state index contributed by atoms with van der Waals surface area (Å²) in [5, 5.41) is 10.8. The molecule has 3 heterocycles. The lowest BCUT2D eigenvalue weighted by atomic mass is 9.79. The number of thiophene rings is 1. The van der Waals surface area contributed by atoms with Crippen molar-refractivity contribution in [1.82, 2.24) is 15.5 Å². The van der Waals surface area contributed by atoms with Crippen LogP contribution in [0.2, 0.25) is 0 Å². The molecule has 128 valence electrons. The predicted molar refractivity (Wildman–Crippen MR) is 106 cm³/mol. The maximum atomic E-state index is 11.6. The molecule has 1 unspecified atom stereocenters. The van der Waals surface area contributed by atoms with Crippen molar-refractivity contribution in [3.8, 4) is 0 Å². The van der Waals surface area contributed by atoms with Crippen molar-refractivity contribution >= 4 is 47.2 Å². The van der Waals surface area contributed by atoms with E-state index in [2.05, 4.69) is 37.4 Å². The largest absolute Gasteiger partial charge is 0.356 e. The van der Waals surface area contributed by atoms with E-state index in [4.69, 9.17) is 0 Å². The van der Waals surface area contributed by atoms with Crippen molar-refractivity contribution in [2.45, 2.75) is 25.7 Å². The maximum absolute atomic E-state index is 11.6. The molecule has 0 bridgehead atoms. The Morgan fingerprint density at radius 1 is 1.57 bits per heavy atom. The van der Waals surface area contributed by atoms with Gasteiger partial charge in [0.2, 0.25) is 5.91 Å². The van der Waals surface area contributed by atoms with Crippen molar-refractivity contribution < 1.29 is 4.79 Å². The van der Waals surface area contributed by atoms with E-state index in [1.807, 2.05) is 7.05 Å². The summed E-state index contributed by atoms with van der Waals surface area (Å²) in [7, 11) is 1.84. The highest BCUT2D eigenvalue weighted by Gasteiger charge is 2.42. The first-order valence-corrected chi connectivity index (χ1v) is 8.88. The number of nitrogens with zero attached hydrogens (tertiary/aromatic N) is 2. The first-order chi connectivity index (χ1) is 10.7. The second-order valence-corrected chi connectivity index (χ2v) is 7.11. The summed E-state index contributed by atoms with van der Waals surface area (Å²) in [5.41, 5.74) is 1.48. The molecule has 0 aliphatic carbocycles. The van der Waals surface area contributed by atoms with E-state index in [0.717, 1.165) is 51.4 Å². The highest BCUT2D eigenvalue weighted by molar-refractivity contribution is 14.0. The number of guanidine groups is 1. The number of aliphatic imine (C=N–C) groups is 1. The third-order valence-electron chi connectivity index (χ3n) is 4.65. The van der Waals surface area contributed by atoms with E-state index in [1.54, 1.807) is 11.3 Å². The number of carbonyl (C=O) groups excluding carboxylic acids is 1. The Labute approximate surface area is 158 Å². The summed E-state index contributed by atoms with van der Waals surface area (Å²) in [6.07, 6.45) is 3.94. The van der Waals surface area contributed by atoms with Crippen molar-refractivity contribution in [2.75, 3.05) is 33.2 Å². The molecule has 23 heavy (non-hydrogen) atoms. The molecule has 1 aromatic rings. The Morgan fingerprint density at radius 2 is 2.43 bits per heavy atom. The molecule has 1 amide bonds. The summed E-state index contributed by atoms with van der Waals surface area (Å²) < 4.78 is 0. The summed E-state index contributed by atoms with van der Waals surface area (Å²) in [4.78, 5) is 18.3. The van der Waals surface area contributed by atoms with Gasteiger partial charge in [0.1, 0.15) is 0 Å². The first kappa shape index (κ1) is 18.5. The van der Waals surface area contributed by atoms with Crippen molar-refractivity contribution in [3.05, 3.63) is 22.4 Å². The van der Waals surface area contributed by atoms with Crippen LogP contribution in [-0.4, -0.2) is 50.0 Å². The number of hydrogen-bond donors (Lipinski definition) is 2. The molecule has 7 heteroatoms. The van der Waals surface area contributed by atoms with Gasteiger partial charge in [-0.3, -0.25) is 9.79 Å². The van der Waals surface area contributed by atoms with Crippen LogP contribution in [0.3, 0.4) is 0 Å². The van der Waals surface area contributed by atoms with Crippen molar-refractivity contribution in [3.63, 3.8) is 0 Å². The second-order valence-electron chi connectivity index (χ2n) is 6.33. The smallest absolute Gasteiger partial charge is 0.220 e. The average molecular weight is 448 g/mol. The third-order valence-corrected chi connectivity index (χ3v) is 5.38. The van der Waals surface area contributed by atoms with E-state index in [0.29, 0.717) is 6.42 Å². The maximum Gasteiger partial charge on any atom is 0.220 e. The van der Waals surface area contributed by atoms with Gasteiger partial charge in [0.05, 0.1) is 0 Å². The molecule has 5 nitrogen and oxygen atoms in total. The van der Waals surface area contributed by atoms with Gasteiger partial charge >= 0.3 is 0 Å². The number of nitrogens with one attached hydrogen (secondary N) is 2. The van der Waals surface area contributed by atoms with Gasteiger partial charge in [0, 0.05) is 45.1 Å². The highest BCUT2D eigenvalue weighted by Crippen LogP contribution is 2.35. The lowest BCUT2D eigenvalue weighted by molar-refractivity contribution is -0.119. The number of piperidine rings is 1. The Bertz CT molecular complexity index is 548. The van der Waals surface area contributed by atoms with Gasteiger partial charge in [-0.2, -0.15) is 11.3 Å². The Hall–Kier alpha value is -0.830. The average Bonchev–Trinajstić information content (AvgIpc) is 3.14. The highest BCUT2D eigenvalue weighted by atomic mass is 127.